The maximum Gasteiger partial charge on any atom is 0.331 e. The Hall–Kier alpha value is -2.24. The predicted octanol–water partition coefficient (Wildman–Crippen LogP) is 2.32. The summed E-state index contributed by atoms with van der Waals surface area (Å²) < 4.78 is 25.9. The molecular weight excluding hydrogens is 244 g/mol. The molecule has 0 fully saturated rings. The van der Waals surface area contributed by atoms with E-state index >= 15 is 0 Å². The zero-order valence-corrected chi connectivity index (χ0v) is 9.75. The summed E-state index contributed by atoms with van der Waals surface area (Å²) in [6.07, 6.45) is 0. The highest BCUT2D eigenvalue weighted by atomic mass is 19.1. The molecule has 6 heteroatoms. The van der Waals surface area contributed by atoms with Crippen molar-refractivity contribution < 1.29 is 23.5 Å². The number of carbonyl (C=O) groups is 2. The lowest BCUT2D eigenvalue weighted by Gasteiger charge is -2.07. The minimum Gasteiger partial charge on any atom is -0.478 e. The lowest BCUT2D eigenvalue weighted by atomic mass is 10.1. The number of anilines is 1. The number of carboxylic acid groups (broad SMARTS) is 1. The Balaban J connectivity index is 2.95. The topological polar surface area (TPSA) is 66.4 Å². The highest BCUT2D eigenvalue weighted by molar-refractivity contribution is 6.08. The minimum absolute atomic E-state index is 0.0498. The van der Waals surface area contributed by atoms with Gasteiger partial charge in [-0.1, -0.05) is 0 Å². The van der Waals surface area contributed by atoms with E-state index in [1.165, 1.54) is 13.8 Å². The third kappa shape index (κ3) is 3.13. The molecule has 1 rings (SSSR count). The number of carbonyl (C=O) groups excluding carboxylic acids is 1. The van der Waals surface area contributed by atoms with Gasteiger partial charge in [-0.15, -0.1) is 0 Å². The van der Waals surface area contributed by atoms with Crippen molar-refractivity contribution in [2.75, 3.05) is 5.32 Å². The van der Waals surface area contributed by atoms with E-state index in [0.29, 0.717) is 6.07 Å². The molecule has 0 radical (unpaired) electrons. The molecule has 0 aliphatic carbocycles. The van der Waals surface area contributed by atoms with Crippen LogP contribution in [0.2, 0.25) is 0 Å². The fourth-order valence-electron chi connectivity index (χ4n) is 1.14. The van der Waals surface area contributed by atoms with Gasteiger partial charge in [-0.05, 0) is 26.0 Å². The zero-order chi connectivity index (χ0) is 13.9. The molecule has 2 N–H and O–H groups in total. The summed E-state index contributed by atoms with van der Waals surface area (Å²) in [6, 6.07) is 2.67. The van der Waals surface area contributed by atoms with Gasteiger partial charge in [0.15, 0.2) is 0 Å². The van der Waals surface area contributed by atoms with Gasteiger partial charge in [0.25, 0.3) is 5.91 Å². The van der Waals surface area contributed by atoms with Crippen LogP contribution in [0.1, 0.15) is 13.8 Å². The van der Waals surface area contributed by atoms with Crippen molar-refractivity contribution >= 4 is 17.6 Å². The van der Waals surface area contributed by atoms with Gasteiger partial charge in [0, 0.05) is 17.2 Å². The molecule has 96 valence electrons. The molecule has 0 atom stereocenters. The van der Waals surface area contributed by atoms with Gasteiger partial charge in [0.2, 0.25) is 0 Å². The van der Waals surface area contributed by atoms with E-state index in [-0.39, 0.29) is 16.8 Å². The fourth-order valence-corrected chi connectivity index (χ4v) is 1.14. The number of nitrogens with one attached hydrogen (secondary N) is 1. The average molecular weight is 255 g/mol. The quantitative estimate of drug-likeness (QED) is 0.814. The number of rotatable bonds is 3. The molecule has 0 saturated heterocycles. The van der Waals surface area contributed by atoms with Crippen LogP contribution in [0, 0.1) is 11.6 Å². The van der Waals surface area contributed by atoms with Gasteiger partial charge in [0.1, 0.15) is 11.6 Å². The van der Waals surface area contributed by atoms with Crippen molar-refractivity contribution in [3.05, 3.63) is 41.0 Å². The van der Waals surface area contributed by atoms with Crippen LogP contribution in [0.4, 0.5) is 14.5 Å². The third-order valence-corrected chi connectivity index (χ3v) is 2.40. The lowest BCUT2D eigenvalue weighted by molar-refractivity contribution is -0.133. The molecule has 1 amide bonds. The van der Waals surface area contributed by atoms with Gasteiger partial charge < -0.3 is 10.4 Å². The number of benzene rings is 1. The second-order valence-electron chi connectivity index (χ2n) is 3.63. The Morgan fingerprint density at radius 2 is 1.78 bits per heavy atom. The first-order chi connectivity index (χ1) is 8.32. The molecule has 0 unspecified atom stereocenters. The molecule has 1 aromatic carbocycles. The van der Waals surface area contributed by atoms with E-state index in [1.807, 2.05) is 0 Å². The number of hydrogen-bond acceptors (Lipinski definition) is 2. The smallest absolute Gasteiger partial charge is 0.331 e. The highest BCUT2D eigenvalue weighted by Gasteiger charge is 2.14. The highest BCUT2D eigenvalue weighted by Crippen LogP contribution is 2.16. The third-order valence-electron chi connectivity index (χ3n) is 2.40. The zero-order valence-electron chi connectivity index (χ0n) is 9.75. The summed E-state index contributed by atoms with van der Waals surface area (Å²) in [5, 5.41) is 10.9. The van der Waals surface area contributed by atoms with E-state index in [1.54, 1.807) is 0 Å². The number of halogens is 2. The molecule has 18 heavy (non-hydrogen) atoms. The molecular formula is C12H11F2NO3. The predicted molar refractivity (Wildman–Crippen MR) is 61.0 cm³/mol. The van der Waals surface area contributed by atoms with Crippen molar-refractivity contribution in [2.24, 2.45) is 0 Å². The van der Waals surface area contributed by atoms with E-state index in [4.69, 9.17) is 5.11 Å². The van der Waals surface area contributed by atoms with Gasteiger partial charge in [-0.3, -0.25) is 4.79 Å². The molecule has 0 aliphatic heterocycles. The van der Waals surface area contributed by atoms with Crippen LogP contribution >= 0.6 is 0 Å². The average Bonchev–Trinajstić information content (AvgIpc) is 2.30. The van der Waals surface area contributed by atoms with Gasteiger partial charge in [-0.25, -0.2) is 13.6 Å². The molecule has 1 aromatic rings. The SMILES string of the molecule is C/C(C(=O)O)=C(/C)C(=O)Nc1ccc(F)cc1F. The van der Waals surface area contributed by atoms with Crippen LogP contribution < -0.4 is 5.32 Å². The monoisotopic (exact) mass is 255 g/mol. The molecule has 0 saturated carbocycles. The Kier molecular flexibility index (Phi) is 4.14. The van der Waals surface area contributed by atoms with E-state index in [2.05, 4.69) is 5.32 Å². The molecule has 0 aliphatic rings. The van der Waals surface area contributed by atoms with Crippen molar-refractivity contribution in [3.8, 4) is 0 Å². The second kappa shape index (κ2) is 5.39. The number of carboxylic acids is 1. The standard InChI is InChI=1S/C12H11F2NO3/c1-6(7(2)12(17)18)11(16)15-10-4-3-8(13)5-9(10)14/h3-5H,1-2H3,(H,15,16)(H,17,18)/b7-6+. The second-order valence-corrected chi connectivity index (χ2v) is 3.63. The maximum atomic E-state index is 13.2. The fraction of sp³-hybridized carbons (Fsp3) is 0.167. The van der Waals surface area contributed by atoms with E-state index in [9.17, 15) is 18.4 Å². The molecule has 0 heterocycles. The first-order valence-corrected chi connectivity index (χ1v) is 5.00. The van der Waals surface area contributed by atoms with Crippen LogP contribution in [-0.2, 0) is 9.59 Å². The largest absolute Gasteiger partial charge is 0.478 e. The van der Waals surface area contributed by atoms with Crippen LogP contribution in [0.15, 0.2) is 29.3 Å². The molecule has 4 nitrogen and oxygen atoms in total. The Morgan fingerprint density at radius 1 is 1.17 bits per heavy atom. The van der Waals surface area contributed by atoms with Crippen LogP contribution in [-0.4, -0.2) is 17.0 Å². The van der Waals surface area contributed by atoms with Crippen molar-refractivity contribution in [3.63, 3.8) is 0 Å². The van der Waals surface area contributed by atoms with Crippen molar-refractivity contribution in [1.29, 1.82) is 0 Å². The summed E-state index contributed by atoms with van der Waals surface area (Å²) in [5.41, 5.74) is -0.403. The van der Waals surface area contributed by atoms with Crippen molar-refractivity contribution in [2.45, 2.75) is 13.8 Å². The summed E-state index contributed by atoms with van der Waals surface area (Å²) in [5.74, 6) is -3.67. The number of amides is 1. The van der Waals surface area contributed by atoms with Gasteiger partial charge >= 0.3 is 5.97 Å². The summed E-state index contributed by atoms with van der Waals surface area (Å²) in [7, 11) is 0. The number of hydrogen-bond donors (Lipinski definition) is 2. The van der Waals surface area contributed by atoms with Gasteiger partial charge in [-0.2, -0.15) is 0 Å². The Morgan fingerprint density at radius 3 is 2.28 bits per heavy atom. The Bertz CT molecular complexity index is 538. The maximum absolute atomic E-state index is 13.2. The first-order valence-electron chi connectivity index (χ1n) is 5.00. The van der Waals surface area contributed by atoms with Gasteiger partial charge in [0.05, 0.1) is 5.69 Å². The van der Waals surface area contributed by atoms with Crippen molar-refractivity contribution in [1.82, 2.24) is 0 Å². The Labute approximate surface area is 102 Å². The minimum atomic E-state index is -1.23. The lowest BCUT2D eigenvalue weighted by Crippen LogP contribution is -2.17. The van der Waals surface area contributed by atoms with E-state index < -0.39 is 23.5 Å². The molecule has 0 aromatic heterocycles. The summed E-state index contributed by atoms with van der Waals surface area (Å²) in [6.45, 7) is 2.57. The van der Waals surface area contributed by atoms with Crippen LogP contribution in [0.5, 0.6) is 0 Å². The summed E-state index contributed by atoms with van der Waals surface area (Å²) in [4.78, 5) is 22.3. The van der Waals surface area contributed by atoms with Crippen LogP contribution in [0.25, 0.3) is 0 Å². The normalized spacial score (nSPS) is 11.8. The first kappa shape index (κ1) is 13.8. The summed E-state index contributed by atoms with van der Waals surface area (Å²) >= 11 is 0. The van der Waals surface area contributed by atoms with E-state index in [0.717, 1.165) is 12.1 Å². The molecule has 0 bridgehead atoms. The molecule has 0 spiro atoms. The number of aliphatic carboxylic acids is 1. The van der Waals surface area contributed by atoms with Crippen LogP contribution in [0.3, 0.4) is 0 Å².